The number of nitrogens with zero attached hydrogens (tertiary/aromatic N) is 4. The number of halogens is 2. The van der Waals surface area contributed by atoms with Crippen molar-refractivity contribution in [2.75, 3.05) is 6.61 Å². The molecule has 2 aromatic heterocycles. The van der Waals surface area contributed by atoms with Crippen LogP contribution in [0.1, 0.15) is 19.4 Å². The Labute approximate surface area is 102 Å². The van der Waals surface area contributed by atoms with Crippen molar-refractivity contribution in [1.29, 1.82) is 0 Å². The number of hydrogen-bond donors (Lipinski definition) is 1. The van der Waals surface area contributed by atoms with Crippen molar-refractivity contribution in [3.8, 4) is 0 Å². The minimum Gasteiger partial charge on any atom is -0.396 e. The van der Waals surface area contributed by atoms with E-state index in [0.717, 1.165) is 0 Å². The van der Waals surface area contributed by atoms with E-state index in [1.807, 2.05) is 11.5 Å². The van der Waals surface area contributed by atoms with E-state index in [4.69, 9.17) is 28.3 Å². The number of aliphatic hydroxyl groups is 1. The summed E-state index contributed by atoms with van der Waals surface area (Å²) in [5.41, 5.74) is 1.11. The van der Waals surface area contributed by atoms with E-state index in [-0.39, 0.29) is 23.1 Å². The van der Waals surface area contributed by atoms with E-state index in [9.17, 15) is 0 Å². The second-order valence-electron chi connectivity index (χ2n) is 3.47. The summed E-state index contributed by atoms with van der Waals surface area (Å²) >= 11 is 11.6. The van der Waals surface area contributed by atoms with Crippen molar-refractivity contribution in [3.63, 3.8) is 0 Å². The Morgan fingerprint density at radius 1 is 1.44 bits per heavy atom. The number of hydrogen-bond acceptors (Lipinski definition) is 4. The van der Waals surface area contributed by atoms with Gasteiger partial charge in [-0.25, -0.2) is 9.97 Å². The summed E-state index contributed by atoms with van der Waals surface area (Å²) in [6.07, 6.45) is 2.24. The molecule has 0 unspecified atom stereocenters. The van der Waals surface area contributed by atoms with E-state index in [1.54, 1.807) is 6.33 Å². The van der Waals surface area contributed by atoms with Crippen molar-refractivity contribution in [3.05, 3.63) is 16.8 Å². The van der Waals surface area contributed by atoms with Crippen LogP contribution in [0.15, 0.2) is 6.33 Å². The first kappa shape index (κ1) is 11.6. The van der Waals surface area contributed by atoms with Gasteiger partial charge in [0.15, 0.2) is 10.8 Å². The number of rotatable bonds is 3. The molecular weight excluding hydrogens is 251 g/mol. The maximum atomic E-state index is 8.90. The first-order chi connectivity index (χ1) is 7.63. The van der Waals surface area contributed by atoms with Crippen LogP contribution in [0.4, 0.5) is 0 Å². The van der Waals surface area contributed by atoms with E-state index in [1.165, 1.54) is 0 Å². The standard InChI is InChI=1S/C9H10Cl2N4O/c1-5(2-3-16)15-4-12-6-7(10)13-9(11)14-8(6)15/h4-5,16H,2-3H2,1H3/t5-/m0/s1. The largest absolute Gasteiger partial charge is 0.396 e. The lowest BCUT2D eigenvalue weighted by Crippen LogP contribution is -2.06. The molecular formula is C9H10Cl2N4O. The highest BCUT2D eigenvalue weighted by Gasteiger charge is 2.14. The first-order valence-corrected chi connectivity index (χ1v) is 5.55. The normalized spacial score (nSPS) is 13.2. The highest BCUT2D eigenvalue weighted by Crippen LogP contribution is 2.23. The van der Waals surface area contributed by atoms with Gasteiger partial charge >= 0.3 is 0 Å². The van der Waals surface area contributed by atoms with Gasteiger partial charge in [0, 0.05) is 12.6 Å². The fourth-order valence-corrected chi connectivity index (χ4v) is 1.93. The van der Waals surface area contributed by atoms with Crippen molar-refractivity contribution < 1.29 is 5.11 Å². The highest BCUT2D eigenvalue weighted by molar-refractivity contribution is 6.35. The van der Waals surface area contributed by atoms with Crippen LogP contribution in [0.25, 0.3) is 11.2 Å². The number of fused-ring (bicyclic) bond motifs is 1. The summed E-state index contributed by atoms with van der Waals surface area (Å²) < 4.78 is 1.82. The maximum absolute atomic E-state index is 8.90. The van der Waals surface area contributed by atoms with Crippen LogP contribution >= 0.6 is 23.2 Å². The van der Waals surface area contributed by atoms with Crippen LogP contribution in [-0.2, 0) is 0 Å². The maximum Gasteiger partial charge on any atom is 0.225 e. The smallest absolute Gasteiger partial charge is 0.225 e. The minimum atomic E-state index is 0.0806. The van der Waals surface area contributed by atoms with Gasteiger partial charge in [0.25, 0.3) is 0 Å². The minimum absolute atomic E-state index is 0.0806. The van der Waals surface area contributed by atoms with E-state index in [0.29, 0.717) is 17.6 Å². The zero-order valence-electron chi connectivity index (χ0n) is 8.56. The van der Waals surface area contributed by atoms with Crippen LogP contribution in [0.3, 0.4) is 0 Å². The Balaban J connectivity index is 2.55. The molecule has 0 aliphatic carbocycles. The molecule has 7 heteroatoms. The number of imidazole rings is 1. The molecule has 2 heterocycles. The molecule has 0 saturated carbocycles. The molecule has 0 radical (unpaired) electrons. The Hall–Kier alpha value is -0.910. The second-order valence-corrected chi connectivity index (χ2v) is 4.16. The van der Waals surface area contributed by atoms with Gasteiger partial charge in [-0.3, -0.25) is 0 Å². The Morgan fingerprint density at radius 2 is 2.19 bits per heavy atom. The molecule has 5 nitrogen and oxygen atoms in total. The van der Waals surface area contributed by atoms with Gasteiger partial charge in [0.05, 0.1) is 6.33 Å². The average molecular weight is 261 g/mol. The molecule has 0 saturated heterocycles. The molecule has 1 atom stereocenters. The molecule has 2 rings (SSSR count). The molecule has 0 aliphatic heterocycles. The van der Waals surface area contributed by atoms with Crippen molar-refractivity contribution >= 4 is 34.4 Å². The summed E-state index contributed by atoms with van der Waals surface area (Å²) in [6.45, 7) is 2.06. The molecule has 0 fully saturated rings. The molecule has 0 amide bonds. The third kappa shape index (κ3) is 1.98. The van der Waals surface area contributed by atoms with E-state index >= 15 is 0 Å². The van der Waals surface area contributed by atoms with E-state index < -0.39 is 0 Å². The summed E-state index contributed by atoms with van der Waals surface area (Å²) in [4.78, 5) is 12.0. The quantitative estimate of drug-likeness (QED) is 0.678. The van der Waals surface area contributed by atoms with Gasteiger partial charge in [-0.15, -0.1) is 0 Å². The van der Waals surface area contributed by atoms with E-state index in [2.05, 4.69) is 15.0 Å². The van der Waals surface area contributed by atoms with Crippen molar-refractivity contribution in [2.24, 2.45) is 0 Å². The summed E-state index contributed by atoms with van der Waals surface area (Å²) in [6, 6.07) is 0.0806. The Morgan fingerprint density at radius 3 is 2.88 bits per heavy atom. The molecule has 86 valence electrons. The molecule has 0 aliphatic rings. The lowest BCUT2D eigenvalue weighted by Gasteiger charge is -2.11. The van der Waals surface area contributed by atoms with Gasteiger partial charge in [-0.2, -0.15) is 4.98 Å². The highest BCUT2D eigenvalue weighted by atomic mass is 35.5. The molecule has 0 bridgehead atoms. The lowest BCUT2D eigenvalue weighted by atomic mass is 10.2. The molecule has 0 aromatic carbocycles. The van der Waals surface area contributed by atoms with Crippen molar-refractivity contribution in [2.45, 2.75) is 19.4 Å². The van der Waals surface area contributed by atoms with Gasteiger partial charge in [-0.05, 0) is 24.9 Å². The zero-order valence-corrected chi connectivity index (χ0v) is 10.1. The number of aromatic nitrogens is 4. The third-order valence-electron chi connectivity index (χ3n) is 2.37. The van der Waals surface area contributed by atoms with Gasteiger partial charge in [-0.1, -0.05) is 11.6 Å². The summed E-state index contributed by atoms with van der Waals surface area (Å²) in [5, 5.41) is 9.23. The molecule has 0 spiro atoms. The zero-order chi connectivity index (χ0) is 11.7. The monoisotopic (exact) mass is 260 g/mol. The lowest BCUT2D eigenvalue weighted by molar-refractivity contribution is 0.264. The van der Waals surface area contributed by atoms with Gasteiger partial charge in [0.2, 0.25) is 5.28 Å². The average Bonchev–Trinajstić information content (AvgIpc) is 2.61. The van der Waals surface area contributed by atoms with Gasteiger partial charge < -0.3 is 9.67 Å². The number of aliphatic hydroxyl groups excluding tert-OH is 1. The SMILES string of the molecule is C[C@@H](CCO)n1cnc2c(Cl)nc(Cl)nc21. The predicted molar refractivity (Wildman–Crippen MR) is 61.8 cm³/mol. The summed E-state index contributed by atoms with van der Waals surface area (Å²) in [7, 11) is 0. The van der Waals surface area contributed by atoms with Crippen LogP contribution in [0, 0.1) is 0 Å². The van der Waals surface area contributed by atoms with Gasteiger partial charge in [0.1, 0.15) is 5.52 Å². The summed E-state index contributed by atoms with van der Waals surface area (Å²) in [5.74, 6) is 0. The van der Waals surface area contributed by atoms with Crippen LogP contribution < -0.4 is 0 Å². The van der Waals surface area contributed by atoms with Crippen LogP contribution in [-0.4, -0.2) is 31.2 Å². The molecule has 16 heavy (non-hydrogen) atoms. The van der Waals surface area contributed by atoms with Crippen LogP contribution in [0.5, 0.6) is 0 Å². The van der Waals surface area contributed by atoms with Crippen LogP contribution in [0.2, 0.25) is 10.4 Å². The second kappa shape index (κ2) is 4.53. The Kier molecular flexibility index (Phi) is 3.28. The Bertz CT molecular complexity index is 513. The fraction of sp³-hybridized carbons (Fsp3) is 0.444. The topological polar surface area (TPSA) is 63.8 Å². The molecule has 1 N–H and O–H groups in total. The predicted octanol–water partition coefficient (Wildman–Crippen LogP) is 2.08. The third-order valence-corrected chi connectivity index (χ3v) is 2.81. The van der Waals surface area contributed by atoms with Crippen molar-refractivity contribution in [1.82, 2.24) is 19.5 Å². The molecule has 2 aromatic rings. The fourth-order valence-electron chi connectivity index (χ4n) is 1.51. The first-order valence-electron chi connectivity index (χ1n) is 4.80.